The van der Waals surface area contributed by atoms with Gasteiger partial charge in [-0.15, -0.1) is 11.8 Å². The quantitative estimate of drug-likeness (QED) is 0.535. The number of benzene rings is 3. The number of hydrogen-bond acceptors (Lipinski definition) is 4. The van der Waals surface area contributed by atoms with E-state index in [0.29, 0.717) is 34.9 Å². The number of aryl methyl sites for hydroxylation is 1. The molecule has 5 nitrogen and oxygen atoms in total. The first-order valence-electron chi connectivity index (χ1n) is 10.8. The van der Waals surface area contributed by atoms with Gasteiger partial charge in [0.25, 0.3) is 11.8 Å². The molecule has 2 aliphatic rings. The number of rotatable bonds is 4. The zero-order valence-electron chi connectivity index (χ0n) is 18.7. The number of hydrogen-bond donors (Lipinski definition) is 0. The van der Waals surface area contributed by atoms with E-state index in [2.05, 4.69) is 0 Å². The highest BCUT2D eigenvalue weighted by atomic mass is 32.2. The summed E-state index contributed by atoms with van der Waals surface area (Å²) in [6.45, 7) is 2.02. The Balaban J connectivity index is 1.59. The van der Waals surface area contributed by atoms with Crippen LogP contribution < -0.4 is 9.64 Å². The summed E-state index contributed by atoms with van der Waals surface area (Å²) < 4.78 is 34.1. The smallest absolute Gasteiger partial charge is 0.268 e. The minimum atomic E-state index is -1.29. The van der Waals surface area contributed by atoms with Crippen LogP contribution in [0.4, 0.5) is 14.5 Å². The molecule has 3 aromatic carbocycles. The number of amides is 2. The molecule has 3 aromatic rings. The van der Waals surface area contributed by atoms with Crippen LogP contribution in [0.5, 0.6) is 5.75 Å². The maximum absolute atomic E-state index is 14.5. The SMILES string of the molecule is COc1ccc(C(=O)N2CCS[C@]23C(=O)N(Cc2c(F)cccc2F)c2ccc(C)cc23)cc1. The van der Waals surface area contributed by atoms with Gasteiger partial charge in [0.1, 0.15) is 17.4 Å². The van der Waals surface area contributed by atoms with Gasteiger partial charge >= 0.3 is 0 Å². The maximum Gasteiger partial charge on any atom is 0.268 e. The third kappa shape index (κ3) is 3.36. The second kappa shape index (κ2) is 8.43. The number of fused-ring (bicyclic) bond motifs is 2. The van der Waals surface area contributed by atoms with E-state index in [0.717, 1.165) is 5.56 Å². The molecule has 0 N–H and O–H groups in total. The van der Waals surface area contributed by atoms with Gasteiger partial charge in [-0.1, -0.05) is 23.8 Å². The molecule has 1 atom stereocenters. The van der Waals surface area contributed by atoms with Gasteiger partial charge in [-0.05, 0) is 49.4 Å². The molecule has 0 radical (unpaired) electrons. The highest BCUT2D eigenvalue weighted by Crippen LogP contribution is 2.55. The molecule has 2 aliphatic heterocycles. The van der Waals surface area contributed by atoms with E-state index in [1.807, 2.05) is 19.1 Å². The first-order chi connectivity index (χ1) is 16.4. The Labute approximate surface area is 200 Å². The Morgan fingerprint density at radius 1 is 1.09 bits per heavy atom. The fourth-order valence-corrected chi connectivity index (χ4v) is 6.07. The standard InChI is InChI=1S/C26H22F2N2O3S/c1-16-6-11-23-20(14-16)26(25(32)29(23)15-19-21(27)4-3-5-22(19)28)30(12-13-34-26)24(31)17-7-9-18(33-2)10-8-17/h3-11,14H,12-13,15H2,1-2H3/t26-/m1/s1. The fourth-order valence-electron chi connectivity index (χ4n) is 4.62. The molecule has 1 saturated heterocycles. The Morgan fingerprint density at radius 3 is 2.47 bits per heavy atom. The molecule has 34 heavy (non-hydrogen) atoms. The third-order valence-corrected chi connectivity index (χ3v) is 7.73. The Morgan fingerprint density at radius 2 is 1.79 bits per heavy atom. The molecule has 0 aliphatic carbocycles. The van der Waals surface area contributed by atoms with Crippen LogP contribution in [0.1, 0.15) is 27.0 Å². The van der Waals surface area contributed by atoms with Crippen LogP contribution in [0.3, 0.4) is 0 Å². The first-order valence-corrected chi connectivity index (χ1v) is 11.8. The van der Waals surface area contributed by atoms with Crippen LogP contribution in [-0.2, 0) is 16.2 Å². The topological polar surface area (TPSA) is 49.9 Å². The highest BCUT2D eigenvalue weighted by molar-refractivity contribution is 8.01. The summed E-state index contributed by atoms with van der Waals surface area (Å²) in [5.74, 6) is -0.908. The minimum Gasteiger partial charge on any atom is -0.497 e. The maximum atomic E-state index is 14.5. The largest absolute Gasteiger partial charge is 0.497 e. The second-order valence-electron chi connectivity index (χ2n) is 8.29. The number of ether oxygens (including phenoxy) is 1. The third-order valence-electron chi connectivity index (χ3n) is 6.31. The lowest BCUT2D eigenvalue weighted by molar-refractivity contribution is -0.123. The van der Waals surface area contributed by atoms with Gasteiger partial charge in [-0.25, -0.2) is 8.78 Å². The summed E-state index contributed by atoms with van der Waals surface area (Å²) >= 11 is 1.37. The molecule has 0 bridgehead atoms. The molecule has 2 heterocycles. The molecule has 5 rings (SSSR count). The van der Waals surface area contributed by atoms with Crippen molar-refractivity contribution in [2.45, 2.75) is 18.3 Å². The monoisotopic (exact) mass is 480 g/mol. The van der Waals surface area contributed by atoms with E-state index in [1.54, 1.807) is 42.3 Å². The second-order valence-corrected chi connectivity index (χ2v) is 9.58. The van der Waals surface area contributed by atoms with Crippen LogP contribution in [0.15, 0.2) is 60.7 Å². The zero-order valence-corrected chi connectivity index (χ0v) is 19.5. The lowest BCUT2D eigenvalue weighted by atomic mass is 10.0. The van der Waals surface area contributed by atoms with Crippen LogP contribution in [-0.4, -0.2) is 36.1 Å². The summed E-state index contributed by atoms with van der Waals surface area (Å²) in [6, 6.07) is 15.9. The number of nitrogens with zero attached hydrogens (tertiary/aromatic N) is 2. The molecule has 0 saturated carbocycles. The number of anilines is 1. The lowest BCUT2D eigenvalue weighted by Crippen LogP contribution is -2.50. The summed E-state index contributed by atoms with van der Waals surface area (Å²) in [5, 5.41) is 0. The predicted octanol–water partition coefficient (Wildman–Crippen LogP) is 4.87. The molecular weight excluding hydrogens is 458 g/mol. The molecule has 0 aromatic heterocycles. The van der Waals surface area contributed by atoms with Gasteiger partial charge in [0, 0.05) is 29.0 Å². The van der Waals surface area contributed by atoms with Crippen molar-refractivity contribution in [3.05, 3.63) is 94.6 Å². The summed E-state index contributed by atoms with van der Waals surface area (Å²) in [7, 11) is 1.55. The summed E-state index contributed by atoms with van der Waals surface area (Å²) in [4.78, 5) is 29.3. The molecule has 1 fully saturated rings. The fraction of sp³-hybridized carbons (Fsp3) is 0.231. The summed E-state index contributed by atoms with van der Waals surface area (Å²) in [6.07, 6.45) is 0. The van der Waals surface area contributed by atoms with Crippen LogP contribution in [0, 0.1) is 18.6 Å². The number of methoxy groups -OCH3 is 1. The van der Waals surface area contributed by atoms with Gasteiger partial charge < -0.3 is 14.5 Å². The molecular formula is C26H22F2N2O3S. The molecule has 2 amide bonds. The van der Waals surface area contributed by atoms with Crippen molar-refractivity contribution >= 4 is 29.3 Å². The number of carbonyl (C=O) groups excluding carboxylic acids is 2. The van der Waals surface area contributed by atoms with Crippen molar-refractivity contribution in [1.29, 1.82) is 0 Å². The molecule has 8 heteroatoms. The van der Waals surface area contributed by atoms with Gasteiger partial charge in [-0.2, -0.15) is 0 Å². The van der Waals surface area contributed by atoms with Crippen LogP contribution in [0.25, 0.3) is 0 Å². The minimum absolute atomic E-state index is 0.185. The van der Waals surface area contributed by atoms with Crippen molar-refractivity contribution < 1.29 is 23.1 Å². The number of halogens is 2. The van der Waals surface area contributed by atoms with Gasteiger partial charge in [0.15, 0.2) is 4.87 Å². The Bertz CT molecular complexity index is 1280. The predicted molar refractivity (Wildman–Crippen MR) is 127 cm³/mol. The molecule has 174 valence electrons. The molecule has 0 unspecified atom stereocenters. The average molecular weight is 481 g/mol. The normalized spacial score (nSPS) is 19.1. The van der Waals surface area contributed by atoms with Crippen molar-refractivity contribution in [3.8, 4) is 5.75 Å². The lowest BCUT2D eigenvalue weighted by Gasteiger charge is -2.33. The van der Waals surface area contributed by atoms with Crippen molar-refractivity contribution in [2.75, 3.05) is 24.3 Å². The zero-order chi connectivity index (χ0) is 24.0. The molecule has 1 spiro atoms. The number of carbonyl (C=O) groups is 2. The van der Waals surface area contributed by atoms with Gasteiger partial charge in [-0.3, -0.25) is 9.59 Å². The van der Waals surface area contributed by atoms with Crippen molar-refractivity contribution in [2.24, 2.45) is 0 Å². The van der Waals surface area contributed by atoms with Crippen molar-refractivity contribution in [1.82, 2.24) is 4.90 Å². The van der Waals surface area contributed by atoms with E-state index >= 15 is 0 Å². The van der Waals surface area contributed by atoms with E-state index in [9.17, 15) is 18.4 Å². The van der Waals surface area contributed by atoms with Gasteiger partial charge in [0.2, 0.25) is 0 Å². The van der Waals surface area contributed by atoms with E-state index in [4.69, 9.17) is 4.74 Å². The highest BCUT2D eigenvalue weighted by Gasteiger charge is 2.59. The number of thioether (sulfide) groups is 1. The van der Waals surface area contributed by atoms with Gasteiger partial charge in [0.05, 0.1) is 19.3 Å². The van der Waals surface area contributed by atoms with E-state index in [-0.39, 0.29) is 23.9 Å². The summed E-state index contributed by atoms with van der Waals surface area (Å²) in [5.41, 5.74) is 2.40. The van der Waals surface area contributed by atoms with E-state index in [1.165, 1.54) is 34.9 Å². The Kier molecular flexibility index (Phi) is 5.56. The average Bonchev–Trinajstić information content (AvgIpc) is 3.37. The van der Waals surface area contributed by atoms with Crippen LogP contribution >= 0.6 is 11.8 Å². The van der Waals surface area contributed by atoms with E-state index < -0.39 is 16.5 Å². The first kappa shape index (κ1) is 22.4. The Hall–Kier alpha value is -3.39. The van der Waals surface area contributed by atoms with Crippen LogP contribution in [0.2, 0.25) is 0 Å². The van der Waals surface area contributed by atoms with Crippen molar-refractivity contribution in [3.63, 3.8) is 0 Å².